The topological polar surface area (TPSA) is 110 Å². The number of hydrogen-bond acceptors (Lipinski definition) is 6. The molecule has 0 aromatic heterocycles. The fraction of sp³-hybridized carbons (Fsp3) is 0.933. The van der Waals surface area contributed by atoms with Crippen molar-refractivity contribution in [2.75, 3.05) is 38.5 Å². The van der Waals surface area contributed by atoms with E-state index in [0.717, 1.165) is 25.1 Å². The first-order valence-corrected chi connectivity index (χ1v) is 10.0. The Bertz CT molecular complexity index is 486. The molecule has 9 heteroatoms. The Labute approximate surface area is 167 Å². The molecule has 0 amide bonds. The summed E-state index contributed by atoms with van der Waals surface area (Å²) in [5.74, 6) is 0.125. The van der Waals surface area contributed by atoms with Crippen LogP contribution in [0, 0.1) is 0 Å². The molecule has 1 rings (SSSR count). The number of amidine groups is 1. The van der Waals surface area contributed by atoms with Gasteiger partial charge >= 0.3 is 29.6 Å². The molecule has 2 N–H and O–H groups in total. The van der Waals surface area contributed by atoms with Crippen molar-refractivity contribution >= 4 is 16.0 Å². The molecule has 136 valence electrons. The second-order valence-corrected chi connectivity index (χ2v) is 7.79. The summed E-state index contributed by atoms with van der Waals surface area (Å²) in [6.45, 7) is 3.86. The van der Waals surface area contributed by atoms with Crippen LogP contribution >= 0.6 is 0 Å². The molecule has 1 aliphatic rings. The van der Waals surface area contributed by atoms with Gasteiger partial charge in [-0.25, -0.2) is 13.4 Å². The van der Waals surface area contributed by atoms with Crippen molar-refractivity contribution in [2.24, 2.45) is 4.99 Å². The predicted octanol–water partition coefficient (Wildman–Crippen LogP) is -2.52. The minimum absolute atomic E-state index is 0. The van der Waals surface area contributed by atoms with Gasteiger partial charge in [0.05, 0.1) is 29.0 Å². The smallest absolute Gasteiger partial charge is 0.748 e. The molecule has 0 bridgehead atoms. The van der Waals surface area contributed by atoms with Gasteiger partial charge in [0.1, 0.15) is 25.7 Å². The van der Waals surface area contributed by atoms with Crippen LogP contribution < -0.4 is 29.6 Å². The zero-order valence-corrected chi connectivity index (χ0v) is 17.8. The Balaban J connectivity index is 0.00000529. The van der Waals surface area contributed by atoms with Gasteiger partial charge in [-0.1, -0.05) is 32.6 Å². The van der Waals surface area contributed by atoms with Gasteiger partial charge in [0.2, 0.25) is 0 Å². The van der Waals surface area contributed by atoms with E-state index >= 15 is 0 Å². The molecular weight excluding hydrogens is 343 g/mol. The summed E-state index contributed by atoms with van der Waals surface area (Å²) in [7, 11) is -4.46. The van der Waals surface area contributed by atoms with Gasteiger partial charge in [-0.05, 0) is 6.42 Å². The van der Waals surface area contributed by atoms with Crippen molar-refractivity contribution in [3.05, 3.63) is 0 Å². The Morgan fingerprint density at radius 2 is 1.96 bits per heavy atom. The fourth-order valence-electron chi connectivity index (χ4n) is 3.26. The summed E-state index contributed by atoms with van der Waals surface area (Å²) in [4.78, 5) is 4.51. The van der Waals surface area contributed by atoms with Crippen LogP contribution in [0.1, 0.15) is 45.4 Å². The van der Waals surface area contributed by atoms with E-state index in [4.69, 9.17) is 0 Å². The number of rotatable bonds is 12. The average molecular weight is 373 g/mol. The third-order valence-electron chi connectivity index (χ3n) is 4.36. The third kappa shape index (κ3) is 8.71. The van der Waals surface area contributed by atoms with Crippen molar-refractivity contribution in [3.63, 3.8) is 0 Å². The van der Waals surface area contributed by atoms with Gasteiger partial charge in [0.15, 0.2) is 5.84 Å². The van der Waals surface area contributed by atoms with E-state index in [9.17, 15) is 23.2 Å². The molecule has 1 heterocycles. The van der Waals surface area contributed by atoms with Gasteiger partial charge in [-0.2, -0.15) is 0 Å². The van der Waals surface area contributed by atoms with E-state index in [1.165, 1.54) is 19.3 Å². The summed E-state index contributed by atoms with van der Waals surface area (Å²) < 4.78 is 32.8. The van der Waals surface area contributed by atoms with Crippen LogP contribution in [0.3, 0.4) is 0 Å². The van der Waals surface area contributed by atoms with Gasteiger partial charge in [0.25, 0.3) is 0 Å². The number of quaternary nitrogens is 1. The number of nitrogens with zero attached hydrogens (tertiary/aromatic N) is 2. The zero-order chi connectivity index (χ0) is 17.3. The number of aliphatic imine (C=N–C) groups is 1. The SMILES string of the molecule is CCCCCCCC1=NCC[N+]1(CCO)CC(O)CS(=O)(=O)[O-].[Na+]. The average Bonchev–Trinajstić information content (AvgIpc) is 2.79. The first kappa shape index (κ1) is 24.5. The Morgan fingerprint density at radius 1 is 1.29 bits per heavy atom. The van der Waals surface area contributed by atoms with Gasteiger partial charge in [-0.3, -0.25) is 4.48 Å². The number of aliphatic hydroxyl groups excluding tert-OH is 2. The Hall–Kier alpha value is 0.460. The van der Waals surface area contributed by atoms with Crippen LogP contribution in [0.15, 0.2) is 4.99 Å². The van der Waals surface area contributed by atoms with Gasteiger partial charge in [0, 0.05) is 6.42 Å². The van der Waals surface area contributed by atoms with Crippen molar-refractivity contribution < 1.29 is 57.2 Å². The molecular formula is C15H30N2NaO5S+. The van der Waals surface area contributed by atoms with E-state index in [1.807, 2.05) is 0 Å². The molecule has 0 spiro atoms. The predicted molar refractivity (Wildman–Crippen MR) is 88.2 cm³/mol. The molecule has 0 radical (unpaired) electrons. The van der Waals surface area contributed by atoms with E-state index in [1.54, 1.807) is 0 Å². The summed E-state index contributed by atoms with van der Waals surface area (Å²) in [6.07, 6.45) is 5.25. The maximum atomic E-state index is 10.8. The van der Waals surface area contributed by atoms with Crippen LogP contribution in [0.25, 0.3) is 0 Å². The van der Waals surface area contributed by atoms with Crippen molar-refractivity contribution in [1.29, 1.82) is 0 Å². The first-order valence-electron chi connectivity index (χ1n) is 8.45. The normalized spacial score (nSPS) is 22.1. The molecule has 0 aromatic rings. The monoisotopic (exact) mass is 373 g/mol. The summed E-state index contributed by atoms with van der Waals surface area (Å²) >= 11 is 0. The second-order valence-electron chi connectivity index (χ2n) is 6.34. The standard InChI is InChI=1S/C15H30N2O5S.Na/c1-2-3-4-5-6-7-15-16-8-9-17(15,10-11-18)12-14(19)13-23(20,21)22;/h14,18-19H,2-13H2,1H3;/q;+1. The molecule has 24 heavy (non-hydrogen) atoms. The Kier molecular flexibility index (Phi) is 12.2. The fourth-order valence-corrected chi connectivity index (χ4v) is 3.84. The second kappa shape index (κ2) is 12.0. The largest absolute Gasteiger partial charge is 1.00 e. The van der Waals surface area contributed by atoms with Gasteiger partial charge < -0.3 is 14.8 Å². The van der Waals surface area contributed by atoms with Crippen LogP contribution in [0.5, 0.6) is 0 Å². The molecule has 1 aliphatic heterocycles. The molecule has 0 saturated heterocycles. The molecule has 0 aromatic carbocycles. The van der Waals surface area contributed by atoms with Crippen LogP contribution in [-0.4, -0.2) is 78.1 Å². The van der Waals surface area contributed by atoms with E-state index in [2.05, 4.69) is 11.9 Å². The molecule has 0 aliphatic carbocycles. The molecule has 2 atom stereocenters. The molecule has 0 saturated carbocycles. The molecule has 7 nitrogen and oxygen atoms in total. The maximum Gasteiger partial charge on any atom is 1.00 e. The van der Waals surface area contributed by atoms with Crippen molar-refractivity contribution in [1.82, 2.24) is 0 Å². The van der Waals surface area contributed by atoms with E-state index in [0.29, 0.717) is 24.1 Å². The van der Waals surface area contributed by atoms with Crippen LogP contribution in [0.4, 0.5) is 0 Å². The third-order valence-corrected chi connectivity index (χ3v) is 5.15. The van der Waals surface area contributed by atoms with Gasteiger partial charge in [-0.15, -0.1) is 0 Å². The molecule has 2 unspecified atom stereocenters. The van der Waals surface area contributed by atoms with Crippen molar-refractivity contribution in [2.45, 2.75) is 51.6 Å². The minimum Gasteiger partial charge on any atom is -0.748 e. The minimum atomic E-state index is -4.46. The summed E-state index contributed by atoms with van der Waals surface area (Å²) in [5, 5.41) is 19.3. The number of hydrogen-bond donors (Lipinski definition) is 2. The number of unbranched alkanes of at least 4 members (excludes halogenated alkanes) is 4. The van der Waals surface area contributed by atoms with E-state index < -0.39 is 22.0 Å². The van der Waals surface area contributed by atoms with E-state index in [-0.39, 0.29) is 42.7 Å². The quantitative estimate of drug-likeness (QED) is 0.170. The number of aliphatic hydroxyl groups is 2. The Morgan fingerprint density at radius 3 is 2.54 bits per heavy atom. The van der Waals surface area contributed by atoms with Crippen LogP contribution in [0.2, 0.25) is 0 Å². The summed E-state index contributed by atoms with van der Waals surface area (Å²) in [5.41, 5.74) is 0. The zero-order valence-electron chi connectivity index (χ0n) is 15.0. The summed E-state index contributed by atoms with van der Waals surface area (Å²) in [6, 6.07) is 0. The van der Waals surface area contributed by atoms with Crippen LogP contribution in [-0.2, 0) is 10.1 Å². The first-order chi connectivity index (χ1) is 10.8. The molecule has 0 fully saturated rings. The maximum absolute atomic E-state index is 10.8. The van der Waals surface area contributed by atoms with Crippen molar-refractivity contribution in [3.8, 4) is 0 Å².